The van der Waals surface area contributed by atoms with E-state index in [2.05, 4.69) is 0 Å². The molecule has 0 radical (unpaired) electrons. The number of hydrogen-bond acceptors (Lipinski definition) is 5. The molecule has 0 saturated carbocycles. The Morgan fingerprint density at radius 3 is 2.67 bits per heavy atom. The van der Waals surface area contributed by atoms with Crippen molar-refractivity contribution >= 4 is 0 Å². The van der Waals surface area contributed by atoms with Gasteiger partial charge in [0.25, 0.3) is 0 Å². The number of aliphatic hydroxyl groups is 1. The molecule has 0 aromatic heterocycles. The van der Waals surface area contributed by atoms with Crippen molar-refractivity contribution in [2.24, 2.45) is 5.92 Å². The van der Waals surface area contributed by atoms with Crippen LogP contribution in [0.25, 0.3) is 0 Å². The molecule has 1 N–H and O–H groups in total. The molecule has 0 unspecified atom stereocenters. The van der Waals surface area contributed by atoms with Crippen LogP contribution in [0.1, 0.15) is 19.4 Å². The lowest BCUT2D eigenvalue weighted by atomic mass is 10.00. The average molecular weight is 294 g/mol. The number of hydrogen-bond donors (Lipinski definition) is 1. The monoisotopic (exact) mass is 294 g/mol. The molecule has 5 heteroatoms. The van der Waals surface area contributed by atoms with Gasteiger partial charge in [-0.05, 0) is 19.4 Å². The van der Waals surface area contributed by atoms with Gasteiger partial charge in [0, 0.05) is 5.92 Å². The summed E-state index contributed by atoms with van der Waals surface area (Å²) in [5.41, 5.74) is 1.12. The van der Waals surface area contributed by atoms with E-state index < -0.39 is 12.1 Å². The maximum absolute atomic E-state index is 9.60. The maximum Gasteiger partial charge on any atom is 0.188 e. The van der Waals surface area contributed by atoms with Crippen LogP contribution in [0.5, 0.6) is 0 Å². The minimum atomic E-state index is -0.654. The molecule has 2 fully saturated rings. The molecule has 21 heavy (non-hydrogen) atoms. The summed E-state index contributed by atoms with van der Waals surface area (Å²) in [4.78, 5) is 0. The number of benzene rings is 1. The van der Waals surface area contributed by atoms with Crippen LogP contribution in [0.3, 0.4) is 0 Å². The normalized spacial score (nSPS) is 34.0. The minimum Gasteiger partial charge on any atom is -0.396 e. The minimum absolute atomic E-state index is 0.0000294. The van der Waals surface area contributed by atoms with Gasteiger partial charge < -0.3 is 24.1 Å². The van der Waals surface area contributed by atoms with Gasteiger partial charge in [0.1, 0.15) is 6.10 Å². The molecule has 4 atom stereocenters. The summed E-state index contributed by atoms with van der Waals surface area (Å²) in [6.45, 7) is 4.65. The van der Waals surface area contributed by atoms with Gasteiger partial charge in [-0.25, -0.2) is 0 Å². The van der Waals surface area contributed by atoms with Crippen molar-refractivity contribution in [1.29, 1.82) is 0 Å². The highest BCUT2D eigenvalue weighted by Crippen LogP contribution is 2.40. The second kappa shape index (κ2) is 6.02. The summed E-state index contributed by atoms with van der Waals surface area (Å²) < 4.78 is 23.0. The topological polar surface area (TPSA) is 57.2 Å². The van der Waals surface area contributed by atoms with Gasteiger partial charge in [0.15, 0.2) is 12.1 Å². The lowest BCUT2D eigenvalue weighted by Crippen LogP contribution is -2.34. The number of aliphatic hydroxyl groups excluding tert-OH is 1. The van der Waals surface area contributed by atoms with Crippen molar-refractivity contribution in [2.75, 3.05) is 13.2 Å². The summed E-state index contributed by atoms with van der Waals surface area (Å²) in [5, 5.41) is 9.60. The largest absolute Gasteiger partial charge is 0.396 e. The van der Waals surface area contributed by atoms with Gasteiger partial charge >= 0.3 is 0 Å². The van der Waals surface area contributed by atoms with E-state index in [1.165, 1.54) is 0 Å². The fraction of sp³-hybridized carbons (Fsp3) is 0.625. The third-order valence-corrected chi connectivity index (χ3v) is 3.90. The molecular formula is C16H22O5. The molecule has 1 aromatic carbocycles. The molecule has 0 amide bonds. The summed E-state index contributed by atoms with van der Waals surface area (Å²) in [6.07, 6.45) is -0.845. The zero-order valence-electron chi connectivity index (χ0n) is 12.4. The average Bonchev–Trinajstić information content (AvgIpc) is 2.91. The fourth-order valence-corrected chi connectivity index (χ4v) is 2.89. The predicted molar refractivity (Wildman–Crippen MR) is 75.4 cm³/mol. The Morgan fingerprint density at radius 2 is 1.95 bits per heavy atom. The van der Waals surface area contributed by atoms with E-state index in [0.717, 1.165) is 5.56 Å². The summed E-state index contributed by atoms with van der Waals surface area (Å²) in [7, 11) is 0. The summed E-state index contributed by atoms with van der Waals surface area (Å²) >= 11 is 0. The third-order valence-electron chi connectivity index (χ3n) is 3.90. The maximum atomic E-state index is 9.60. The first-order valence-corrected chi connectivity index (χ1v) is 7.33. The van der Waals surface area contributed by atoms with Gasteiger partial charge in [0.05, 0.1) is 25.9 Å². The SMILES string of the molecule is CC1(C)O[C@@H]2O[C@@H](COCc3ccccc3)[C@H](CO)[C@@H]2O1. The summed E-state index contributed by atoms with van der Waals surface area (Å²) in [5.74, 6) is -0.772. The molecule has 2 aliphatic rings. The van der Waals surface area contributed by atoms with Crippen molar-refractivity contribution in [3.05, 3.63) is 35.9 Å². The number of ether oxygens (including phenoxy) is 4. The molecule has 2 aliphatic heterocycles. The zero-order chi connectivity index (χ0) is 14.9. The second-order valence-corrected chi connectivity index (χ2v) is 5.99. The van der Waals surface area contributed by atoms with E-state index in [9.17, 15) is 5.11 Å². The molecule has 2 heterocycles. The Labute approximate surface area is 124 Å². The van der Waals surface area contributed by atoms with E-state index in [-0.39, 0.29) is 24.7 Å². The second-order valence-electron chi connectivity index (χ2n) is 5.99. The Hall–Kier alpha value is -0.980. The van der Waals surface area contributed by atoms with Crippen LogP contribution in [0, 0.1) is 5.92 Å². The van der Waals surface area contributed by atoms with Crippen molar-refractivity contribution in [3.63, 3.8) is 0 Å². The quantitative estimate of drug-likeness (QED) is 0.895. The van der Waals surface area contributed by atoms with Crippen LogP contribution in [-0.2, 0) is 25.6 Å². The molecule has 1 aromatic rings. The molecule has 0 bridgehead atoms. The van der Waals surface area contributed by atoms with Crippen molar-refractivity contribution in [2.45, 2.75) is 44.7 Å². The molecule has 2 saturated heterocycles. The Kier molecular flexibility index (Phi) is 4.28. The van der Waals surface area contributed by atoms with Crippen LogP contribution in [0.4, 0.5) is 0 Å². The van der Waals surface area contributed by atoms with Crippen molar-refractivity contribution in [3.8, 4) is 0 Å². The van der Waals surface area contributed by atoms with Crippen LogP contribution < -0.4 is 0 Å². The fourth-order valence-electron chi connectivity index (χ4n) is 2.89. The van der Waals surface area contributed by atoms with Crippen molar-refractivity contribution in [1.82, 2.24) is 0 Å². The van der Waals surface area contributed by atoms with E-state index in [1.807, 2.05) is 44.2 Å². The molecule has 0 spiro atoms. The van der Waals surface area contributed by atoms with Crippen molar-refractivity contribution < 1.29 is 24.1 Å². The first-order chi connectivity index (χ1) is 10.1. The lowest BCUT2D eigenvalue weighted by molar-refractivity contribution is -0.216. The Bertz CT molecular complexity index is 461. The Morgan fingerprint density at radius 1 is 1.19 bits per heavy atom. The third kappa shape index (κ3) is 3.27. The van der Waals surface area contributed by atoms with Gasteiger partial charge in [0.2, 0.25) is 0 Å². The smallest absolute Gasteiger partial charge is 0.188 e. The van der Waals surface area contributed by atoms with Crippen LogP contribution >= 0.6 is 0 Å². The van der Waals surface area contributed by atoms with Crippen LogP contribution in [0.2, 0.25) is 0 Å². The van der Waals surface area contributed by atoms with E-state index in [4.69, 9.17) is 18.9 Å². The molecule has 0 aliphatic carbocycles. The van der Waals surface area contributed by atoms with Gasteiger partial charge in [-0.3, -0.25) is 0 Å². The molecule has 3 rings (SSSR count). The first kappa shape index (κ1) is 14.9. The molecular weight excluding hydrogens is 272 g/mol. The zero-order valence-corrected chi connectivity index (χ0v) is 12.4. The van der Waals surface area contributed by atoms with Gasteiger partial charge in [-0.2, -0.15) is 0 Å². The van der Waals surface area contributed by atoms with Gasteiger partial charge in [-0.15, -0.1) is 0 Å². The van der Waals surface area contributed by atoms with E-state index in [0.29, 0.717) is 13.2 Å². The highest BCUT2D eigenvalue weighted by Gasteiger charge is 2.54. The van der Waals surface area contributed by atoms with Crippen LogP contribution in [-0.4, -0.2) is 42.6 Å². The first-order valence-electron chi connectivity index (χ1n) is 7.33. The lowest BCUT2D eigenvalue weighted by Gasteiger charge is -2.24. The highest BCUT2D eigenvalue weighted by atomic mass is 16.8. The Balaban J connectivity index is 1.53. The van der Waals surface area contributed by atoms with E-state index >= 15 is 0 Å². The van der Waals surface area contributed by atoms with Crippen LogP contribution in [0.15, 0.2) is 30.3 Å². The number of fused-ring (bicyclic) bond motifs is 1. The standard InChI is InChI=1S/C16H22O5/c1-16(2)20-14-12(8-17)13(19-15(14)21-16)10-18-9-11-6-4-3-5-7-11/h3-7,12-15,17H,8-10H2,1-2H3/t12-,13-,14-,15-/m0/s1. The molecule has 116 valence electrons. The molecule has 5 nitrogen and oxygen atoms in total. The van der Waals surface area contributed by atoms with E-state index in [1.54, 1.807) is 0 Å². The summed E-state index contributed by atoms with van der Waals surface area (Å²) in [6, 6.07) is 9.97. The number of rotatable bonds is 5. The predicted octanol–water partition coefficient (Wildman–Crippen LogP) is 1.69. The highest BCUT2D eigenvalue weighted by molar-refractivity contribution is 5.13. The van der Waals surface area contributed by atoms with Gasteiger partial charge in [-0.1, -0.05) is 30.3 Å².